The van der Waals surface area contributed by atoms with E-state index in [0.29, 0.717) is 31.1 Å². The summed E-state index contributed by atoms with van der Waals surface area (Å²) in [5.74, 6) is 5.74. The molecule has 2 rings (SSSR count). The Bertz CT molecular complexity index is 924. The Kier molecular flexibility index (Phi) is 9.97. The monoisotopic (exact) mass is 421 g/mol. The van der Waals surface area contributed by atoms with Gasteiger partial charge >= 0.3 is 0 Å². The SMILES string of the molecule is C#CCOc1ccc(CCNC(=O)C(OCC#C)c2ccc(COC)cc2)cc1OC. The minimum absolute atomic E-state index is 0.0359. The second-order valence-electron chi connectivity index (χ2n) is 6.59. The first kappa shape index (κ1) is 23.8. The van der Waals surface area contributed by atoms with Gasteiger partial charge in [-0.1, -0.05) is 42.2 Å². The van der Waals surface area contributed by atoms with E-state index in [4.69, 9.17) is 31.8 Å². The van der Waals surface area contributed by atoms with E-state index in [9.17, 15) is 4.79 Å². The fraction of sp³-hybridized carbons (Fsp3) is 0.320. The number of hydrogen-bond acceptors (Lipinski definition) is 5. The summed E-state index contributed by atoms with van der Waals surface area (Å²) in [4.78, 5) is 12.8. The number of methoxy groups -OCH3 is 2. The van der Waals surface area contributed by atoms with Crippen molar-refractivity contribution in [3.8, 4) is 36.2 Å². The maximum Gasteiger partial charge on any atom is 0.253 e. The molecular weight excluding hydrogens is 394 g/mol. The van der Waals surface area contributed by atoms with E-state index in [1.165, 1.54) is 0 Å². The van der Waals surface area contributed by atoms with Crippen molar-refractivity contribution in [3.05, 3.63) is 59.2 Å². The molecule has 6 nitrogen and oxygen atoms in total. The predicted molar refractivity (Wildman–Crippen MR) is 119 cm³/mol. The normalized spacial score (nSPS) is 11.1. The van der Waals surface area contributed by atoms with Crippen LogP contribution in [0.2, 0.25) is 0 Å². The quantitative estimate of drug-likeness (QED) is 0.534. The molecule has 0 aromatic heterocycles. The maximum atomic E-state index is 12.8. The molecule has 1 atom stereocenters. The lowest BCUT2D eigenvalue weighted by Gasteiger charge is -2.17. The number of hydrogen-bond donors (Lipinski definition) is 1. The third-order valence-electron chi connectivity index (χ3n) is 4.42. The third-order valence-corrected chi connectivity index (χ3v) is 4.42. The molecule has 0 saturated carbocycles. The summed E-state index contributed by atoms with van der Waals surface area (Å²) in [5.41, 5.74) is 2.71. The number of carbonyl (C=O) groups is 1. The Morgan fingerprint density at radius 2 is 1.71 bits per heavy atom. The summed E-state index contributed by atoms with van der Waals surface area (Å²) in [6, 6.07) is 13.0. The van der Waals surface area contributed by atoms with Crippen LogP contribution in [0.1, 0.15) is 22.8 Å². The smallest absolute Gasteiger partial charge is 0.253 e. The van der Waals surface area contributed by atoms with Crippen LogP contribution in [-0.4, -0.2) is 39.9 Å². The summed E-state index contributed by atoms with van der Waals surface area (Å²) in [7, 11) is 3.20. The van der Waals surface area contributed by atoms with E-state index in [0.717, 1.165) is 16.7 Å². The van der Waals surface area contributed by atoms with Gasteiger partial charge < -0.3 is 24.3 Å². The molecule has 6 heteroatoms. The van der Waals surface area contributed by atoms with Gasteiger partial charge in [-0.05, 0) is 35.2 Å². The van der Waals surface area contributed by atoms with Crippen LogP contribution in [0.15, 0.2) is 42.5 Å². The van der Waals surface area contributed by atoms with Crippen LogP contribution in [0, 0.1) is 24.7 Å². The zero-order valence-corrected chi connectivity index (χ0v) is 17.9. The first-order chi connectivity index (χ1) is 15.1. The van der Waals surface area contributed by atoms with Crippen LogP contribution >= 0.6 is 0 Å². The molecule has 0 bridgehead atoms. The molecule has 0 heterocycles. The maximum absolute atomic E-state index is 12.8. The van der Waals surface area contributed by atoms with Crippen molar-refractivity contribution in [1.29, 1.82) is 0 Å². The van der Waals surface area contributed by atoms with E-state index >= 15 is 0 Å². The third kappa shape index (κ3) is 7.38. The number of rotatable bonds is 12. The van der Waals surface area contributed by atoms with Gasteiger partial charge in [0.05, 0.1) is 13.7 Å². The van der Waals surface area contributed by atoms with E-state index in [1.807, 2.05) is 36.4 Å². The number of amides is 1. The fourth-order valence-electron chi connectivity index (χ4n) is 2.94. The first-order valence-corrected chi connectivity index (χ1v) is 9.76. The highest BCUT2D eigenvalue weighted by atomic mass is 16.5. The standard InChI is InChI=1S/C25H27NO5/c1-5-15-30-22-12-9-19(17-23(22)29-4)13-14-26-25(27)24(31-16-6-2)21-10-7-20(8-11-21)18-28-3/h1-2,7-12,17,24H,13-16,18H2,3-4H3,(H,26,27). The van der Waals surface area contributed by atoms with Crippen LogP contribution < -0.4 is 14.8 Å². The van der Waals surface area contributed by atoms with Gasteiger partial charge in [0.25, 0.3) is 5.91 Å². The highest BCUT2D eigenvalue weighted by molar-refractivity contribution is 5.82. The Labute approximate surface area is 183 Å². The van der Waals surface area contributed by atoms with Crippen LogP contribution in [0.25, 0.3) is 0 Å². The summed E-state index contributed by atoms with van der Waals surface area (Å²) >= 11 is 0. The molecule has 0 aliphatic rings. The van der Waals surface area contributed by atoms with Gasteiger partial charge in [-0.15, -0.1) is 12.8 Å². The van der Waals surface area contributed by atoms with Crippen molar-refractivity contribution in [1.82, 2.24) is 5.32 Å². The lowest BCUT2D eigenvalue weighted by atomic mass is 10.1. The van der Waals surface area contributed by atoms with Gasteiger partial charge in [0.15, 0.2) is 17.6 Å². The number of carbonyl (C=O) groups excluding carboxylic acids is 1. The summed E-state index contributed by atoms with van der Waals surface area (Å²) in [6.07, 6.45) is 10.3. The Hall–Kier alpha value is -3.45. The van der Waals surface area contributed by atoms with Gasteiger partial charge in [-0.2, -0.15) is 0 Å². The van der Waals surface area contributed by atoms with E-state index in [2.05, 4.69) is 17.2 Å². The van der Waals surface area contributed by atoms with Crippen LogP contribution in [0.4, 0.5) is 0 Å². The molecule has 1 amide bonds. The van der Waals surface area contributed by atoms with Gasteiger partial charge in [0.2, 0.25) is 0 Å². The highest BCUT2D eigenvalue weighted by Gasteiger charge is 2.21. The molecule has 0 saturated heterocycles. The second kappa shape index (κ2) is 13.0. The molecular formula is C25H27NO5. The topological polar surface area (TPSA) is 66.0 Å². The average Bonchev–Trinajstić information content (AvgIpc) is 2.79. The number of benzene rings is 2. The molecule has 31 heavy (non-hydrogen) atoms. The Morgan fingerprint density at radius 3 is 2.35 bits per heavy atom. The zero-order chi connectivity index (χ0) is 22.5. The average molecular weight is 421 g/mol. The molecule has 0 aliphatic carbocycles. The predicted octanol–water partition coefficient (Wildman–Crippen LogP) is 2.90. The van der Waals surface area contributed by atoms with Crippen LogP contribution in [0.5, 0.6) is 11.5 Å². The lowest BCUT2D eigenvalue weighted by molar-refractivity contribution is -0.132. The van der Waals surface area contributed by atoms with Crippen molar-refractivity contribution >= 4 is 5.91 Å². The first-order valence-electron chi connectivity index (χ1n) is 9.76. The van der Waals surface area contributed by atoms with E-state index in [1.54, 1.807) is 20.3 Å². The summed E-state index contributed by atoms with van der Waals surface area (Å²) in [6.45, 7) is 1.12. The largest absolute Gasteiger partial charge is 0.493 e. The van der Waals surface area contributed by atoms with Crippen molar-refractivity contribution in [3.63, 3.8) is 0 Å². The van der Waals surface area contributed by atoms with Crippen molar-refractivity contribution in [2.75, 3.05) is 34.0 Å². The van der Waals surface area contributed by atoms with Crippen molar-refractivity contribution in [2.45, 2.75) is 19.1 Å². The molecule has 0 aliphatic heterocycles. The Morgan fingerprint density at radius 1 is 1.00 bits per heavy atom. The Balaban J connectivity index is 1.99. The summed E-state index contributed by atoms with van der Waals surface area (Å²) < 4.78 is 21.5. The van der Waals surface area contributed by atoms with Gasteiger partial charge in [-0.3, -0.25) is 4.79 Å². The molecule has 2 aromatic carbocycles. The molecule has 2 aromatic rings. The van der Waals surface area contributed by atoms with Gasteiger partial charge in [-0.25, -0.2) is 0 Å². The summed E-state index contributed by atoms with van der Waals surface area (Å²) in [5, 5.41) is 2.91. The number of ether oxygens (including phenoxy) is 4. The van der Waals surface area contributed by atoms with Crippen LogP contribution in [-0.2, 0) is 27.3 Å². The molecule has 0 radical (unpaired) electrons. The minimum Gasteiger partial charge on any atom is -0.493 e. The second-order valence-corrected chi connectivity index (χ2v) is 6.59. The molecule has 1 unspecified atom stereocenters. The number of nitrogens with one attached hydrogen (secondary N) is 1. The molecule has 0 spiro atoms. The van der Waals surface area contributed by atoms with Crippen molar-refractivity contribution < 1.29 is 23.7 Å². The lowest BCUT2D eigenvalue weighted by Crippen LogP contribution is -2.32. The molecule has 162 valence electrons. The van der Waals surface area contributed by atoms with Gasteiger partial charge in [0.1, 0.15) is 13.2 Å². The van der Waals surface area contributed by atoms with Gasteiger partial charge in [0, 0.05) is 13.7 Å². The van der Waals surface area contributed by atoms with Crippen molar-refractivity contribution in [2.24, 2.45) is 0 Å². The molecule has 0 fully saturated rings. The van der Waals surface area contributed by atoms with E-state index < -0.39 is 6.10 Å². The van der Waals surface area contributed by atoms with E-state index in [-0.39, 0.29) is 19.1 Å². The highest BCUT2D eigenvalue weighted by Crippen LogP contribution is 2.28. The minimum atomic E-state index is -0.790. The molecule has 1 N–H and O–H groups in total. The van der Waals surface area contributed by atoms with Crippen LogP contribution in [0.3, 0.4) is 0 Å². The fourth-order valence-corrected chi connectivity index (χ4v) is 2.94. The zero-order valence-electron chi connectivity index (χ0n) is 17.9. The number of terminal acetylenes is 2.